The second kappa shape index (κ2) is 7.34. The average molecular weight is 319 g/mol. The number of hydrogen-bond acceptors (Lipinski definition) is 1. The maximum absolute atomic E-state index is 5.81. The maximum Gasteiger partial charge on any atom is 0.119 e. The van der Waals surface area contributed by atoms with Crippen molar-refractivity contribution >= 4 is 15.9 Å². The van der Waals surface area contributed by atoms with Gasteiger partial charge in [0.05, 0.1) is 0 Å². The van der Waals surface area contributed by atoms with Crippen molar-refractivity contribution in [3.63, 3.8) is 0 Å². The Morgan fingerprint density at radius 3 is 2.37 bits per heavy atom. The molecule has 100 valence electrons. The minimum atomic E-state index is 0.627. The first-order chi connectivity index (χ1) is 9.31. The van der Waals surface area contributed by atoms with Crippen LogP contribution in [0.1, 0.15) is 23.6 Å². The van der Waals surface area contributed by atoms with Crippen LogP contribution in [0.2, 0.25) is 0 Å². The van der Waals surface area contributed by atoms with Crippen LogP contribution in [0.15, 0.2) is 48.5 Å². The summed E-state index contributed by atoms with van der Waals surface area (Å²) in [6.07, 6.45) is 2.12. The zero-order valence-corrected chi connectivity index (χ0v) is 12.8. The fraction of sp³-hybridized carbons (Fsp3) is 0.294. The summed E-state index contributed by atoms with van der Waals surface area (Å²) in [6.45, 7) is 2.78. The highest BCUT2D eigenvalue weighted by atomic mass is 79.9. The molecule has 0 amide bonds. The lowest BCUT2D eigenvalue weighted by Gasteiger charge is -2.08. The Morgan fingerprint density at radius 2 is 1.68 bits per heavy atom. The molecule has 2 aromatic carbocycles. The number of ether oxygens (including phenoxy) is 1. The first-order valence-corrected chi connectivity index (χ1v) is 7.79. The Morgan fingerprint density at radius 1 is 0.947 bits per heavy atom. The minimum Gasteiger partial charge on any atom is -0.489 e. The zero-order chi connectivity index (χ0) is 13.5. The number of hydrogen-bond donors (Lipinski definition) is 0. The molecule has 19 heavy (non-hydrogen) atoms. The number of alkyl halides is 1. The second-order valence-corrected chi connectivity index (χ2v) is 5.34. The van der Waals surface area contributed by atoms with E-state index in [1.807, 2.05) is 12.1 Å². The molecule has 0 radical (unpaired) electrons. The molecule has 2 rings (SSSR count). The van der Waals surface area contributed by atoms with Gasteiger partial charge in [0.1, 0.15) is 12.4 Å². The van der Waals surface area contributed by atoms with Gasteiger partial charge < -0.3 is 4.74 Å². The standard InChI is InChI=1S/C17H19BrO/c1-2-14-6-8-17(9-7-14)19-13-16-5-3-4-15(12-16)10-11-18/h3-9,12H,2,10-11,13H2,1H3. The van der Waals surface area contributed by atoms with E-state index in [0.717, 1.165) is 23.9 Å². The molecule has 0 atom stereocenters. The highest BCUT2D eigenvalue weighted by molar-refractivity contribution is 9.09. The molecular weight excluding hydrogens is 300 g/mol. The topological polar surface area (TPSA) is 9.23 Å². The monoisotopic (exact) mass is 318 g/mol. The molecule has 0 saturated carbocycles. The van der Waals surface area contributed by atoms with Gasteiger partial charge in [0.25, 0.3) is 0 Å². The highest BCUT2D eigenvalue weighted by Gasteiger charge is 1.98. The summed E-state index contributed by atoms with van der Waals surface area (Å²) in [6, 6.07) is 16.9. The number of benzene rings is 2. The van der Waals surface area contributed by atoms with Crippen LogP contribution >= 0.6 is 15.9 Å². The summed E-state index contributed by atoms with van der Waals surface area (Å²) >= 11 is 3.47. The van der Waals surface area contributed by atoms with Crippen molar-refractivity contribution in [1.29, 1.82) is 0 Å². The molecule has 0 bridgehead atoms. The van der Waals surface area contributed by atoms with Crippen molar-refractivity contribution in [3.8, 4) is 5.75 Å². The van der Waals surface area contributed by atoms with E-state index in [-0.39, 0.29) is 0 Å². The average Bonchev–Trinajstić information content (AvgIpc) is 2.46. The van der Waals surface area contributed by atoms with Gasteiger partial charge in [-0.15, -0.1) is 0 Å². The van der Waals surface area contributed by atoms with E-state index < -0.39 is 0 Å². The first kappa shape index (κ1) is 14.1. The SMILES string of the molecule is CCc1ccc(OCc2cccc(CCBr)c2)cc1. The van der Waals surface area contributed by atoms with Crippen molar-refractivity contribution in [2.45, 2.75) is 26.4 Å². The van der Waals surface area contributed by atoms with Crippen LogP contribution in [-0.4, -0.2) is 5.33 Å². The largest absolute Gasteiger partial charge is 0.489 e. The van der Waals surface area contributed by atoms with Gasteiger partial charge >= 0.3 is 0 Å². The second-order valence-electron chi connectivity index (χ2n) is 4.55. The van der Waals surface area contributed by atoms with Gasteiger partial charge in [0.15, 0.2) is 0 Å². The van der Waals surface area contributed by atoms with E-state index in [1.165, 1.54) is 16.7 Å². The van der Waals surface area contributed by atoms with Crippen molar-refractivity contribution in [2.75, 3.05) is 5.33 Å². The Hall–Kier alpha value is -1.28. The normalized spacial score (nSPS) is 10.4. The predicted molar refractivity (Wildman–Crippen MR) is 84.1 cm³/mol. The smallest absolute Gasteiger partial charge is 0.119 e. The Bertz CT molecular complexity index is 505. The van der Waals surface area contributed by atoms with Crippen LogP contribution in [0.25, 0.3) is 0 Å². The molecule has 0 aromatic heterocycles. The number of aryl methyl sites for hydroxylation is 2. The van der Waals surface area contributed by atoms with Crippen molar-refractivity contribution in [2.24, 2.45) is 0 Å². The molecule has 1 nitrogen and oxygen atoms in total. The number of rotatable bonds is 6. The molecule has 2 heteroatoms. The molecule has 0 heterocycles. The molecule has 2 aromatic rings. The number of halogens is 1. The highest BCUT2D eigenvalue weighted by Crippen LogP contribution is 2.15. The van der Waals surface area contributed by atoms with Gasteiger partial charge in [0, 0.05) is 5.33 Å². The predicted octanol–water partition coefficient (Wildman–Crippen LogP) is 4.77. The van der Waals surface area contributed by atoms with Crippen molar-refractivity contribution < 1.29 is 4.74 Å². The molecule has 0 fully saturated rings. The van der Waals surface area contributed by atoms with Gasteiger partial charge in [-0.3, -0.25) is 0 Å². The van der Waals surface area contributed by atoms with Crippen LogP contribution in [0.4, 0.5) is 0 Å². The van der Waals surface area contributed by atoms with Crippen LogP contribution in [0.3, 0.4) is 0 Å². The van der Waals surface area contributed by atoms with Gasteiger partial charge in [-0.2, -0.15) is 0 Å². The molecule has 0 unspecified atom stereocenters. The first-order valence-electron chi connectivity index (χ1n) is 6.67. The van der Waals surface area contributed by atoms with E-state index in [2.05, 4.69) is 59.3 Å². The maximum atomic E-state index is 5.81. The lowest BCUT2D eigenvalue weighted by atomic mass is 10.1. The molecule has 0 aliphatic carbocycles. The molecule has 0 aliphatic heterocycles. The van der Waals surface area contributed by atoms with E-state index in [0.29, 0.717) is 6.61 Å². The van der Waals surface area contributed by atoms with Gasteiger partial charge in [-0.1, -0.05) is 59.3 Å². The third kappa shape index (κ3) is 4.39. The molecular formula is C17H19BrO. The minimum absolute atomic E-state index is 0.627. The lowest BCUT2D eigenvalue weighted by molar-refractivity contribution is 0.306. The van der Waals surface area contributed by atoms with E-state index in [1.54, 1.807) is 0 Å². The fourth-order valence-electron chi connectivity index (χ4n) is 1.97. The summed E-state index contributed by atoms with van der Waals surface area (Å²) in [5, 5.41) is 0.996. The van der Waals surface area contributed by atoms with Gasteiger partial charge in [-0.25, -0.2) is 0 Å². The van der Waals surface area contributed by atoms with E-state index >= 15 is 0 Å². The van der Waals surface area contributed by atoms with Crippen LogP contribution < -0.4 is 4.74 Å². The summed E-state index contributed by atoms with van der Waals surface area (Å²) in [5.41, 5.74) is 3.91. The van der Waals surface area contributed by atoms with Crippen molar-refractivity contribution in [3.05, 3.63) is 65.2 Å². The zero-order valence-electron chi connectivity index (χ0n) is 11.2. The Kier molecular flexibility index (Phi) is 5.46. The summed E-state index contributed by atoms with van der Waals surface area (Å²) in [7, 11) is 0. The van der Waals surface area contributed by atoms with Gasteiger partial charge in [0.2, 0.25) is 0 Å². The Labute approximate surface area is 123 Å². The van der Waals surface area contributed by atoms with Crippen LogP contribution in [-0.2, 0) is 19.4 Å². The fourth-order valence-corrected chi connectivity index (χ4v) is 2.43. The third-order valence-corrected chi connectivity index (χ3v) is 3.51. The molecule has 0 spiro atoms. The summed E-state index contributed by atoms with van der Waals surface area (Å²) in [5.74, 6) is 0.933. The third-order valence-electron chi connectivity index (χ3n) is 3.11. The molecule has 0 N–H and O–H groups in total. The summed E-state index contributed by atoms with van der Waals surface area (Å²) in [4.78, 5) is 0. The van der Waals surface area contributed by atoms with E-state index in [4.69, 9.17) is 4.74 Å². The molecule has 0 saturated heterocycles. The summed E-state index contributed by atoms with van der Waals surface area (Å²) < 4.78 is 5.81. The van der Waals surface area contributed by atoms with E-state index in [9.17, 15) is 0 Å². The Balaban J connectivity index is 1.95. The molecule has 0 aliphatic rings. The lowest BCUT2D eigenvalue weighted by Crippen LogP contribution is -1.97. The van der Waals surface area contributed by atoms with Gasteiger partial charge in [-0.05, 0) is 41.7 Å². The van der Waals surface area contributed by atoms with Crippen LogP contribution in [0.5, 0.6) is 5.75 Å². The van der Waals surface area contributed by atoms with Crippen molar-refractivity contribution in [1.82, 2.24) is 0 Å². The van der Waals surface area contributed by atoms with Crippen LogP contribution in [0, 0.1) is 0 Å². The quantitative estimate of drug-likeness (QED) is 0.697.